The van der Waals surface area contributed by atoms with E-state index in [1.165, 1.54) is 12.1 Å². The Morgan fingerprint density at radius 1 is 1.35 bits per heavy atom. The minimum Gasteiger partial charge on any atom is -0.368 e. The largest absolute Gasteiger partial charge is 0.368 e. The molecule has 0 unspecified atom stereocenters. The van der Waals surface area contributed by atoms with Crippen LogP contribution >= 0.6 is 0 Å². The Balaban J connectivity index is 1.90. The maximum absolute atomic E-state index is 13.5. The molecule has 0 aliphatic carbocycles. The molecule has 118 valence electrons. The van der Waals surface area contributed by atoms with Crippen molar-refractivity contribution in [3.05, 3.63) is 71.9 Å². The lowest BCUT2D eigenvalue weighted by molar-refractivity contribution is -0.123. The van der Waals surface area contributed by atoms with Crippen LogP contribution in [0.5, 0.6) is 0 Å². The second-order valence-corrected chi connectivity index (χ2v) is 5.45. The van der Waals surface area contributed by atoms with E-state index >= 15 is 0 Å². The highest BCUT2D eigenvalue weighted by atomic mass is 19.1. The van der Waals surface area contributed by atoms with E-state index in [9.17, 15) is 9.18 Å². The van der Waals surface area contributed by atoms with Crippen LogP contribution in [0.25, 0.3) is 5.65 Å². The Morgan fingerprint density at radius 2 is 2.17 bits per heavy atom. The molecule has 0 saturated heterocycles. The first kappa shape index (κ1) is 15.2. The minimum atomic E-state index is -0.708. The molecule has 0 radical (unpaired) electrons. The number of benzene rings is 1. The topological polar surface area (TPSA) is 63.6 Å². The molecule has 2 N–H and O–H groups in total. The standard InChI is InChI=1S/C17H17FN4O/c1-21(11-14-10-20-15-7-2-3-8-22(14)15)16(17(19)23)12-5-4-6-13(18)9-12/h2-10,16H,11H2,1H3,(H2,19,23)/t16-/m1/s1. The third kappa shape index (κ3) is 3.07. The zero-order valence-corrected chi connectivity index (χ0v) is 12.7. The van der Waals surface area contributed by atoms with Gasteiger partial charge in [0.05, 0.1) is 11.9 Å². The van der Waals surface area contributed by atoms with E-state index in [1.54, 1.807) is 30.3 Å². The molecule has 1 amide bonds. The van der Waals surface area contributed by atoms with Gasteiger partial charge in [-0.15, -0.1) is 0 Å². The van der Waals surface area contributed by atoms with Crippen molar-refractivity contribution in [1.82, 2.24) is 14.3 Å². The number of nitrogens with two attached hydrogens (primary N) is 1. The normalized spacial score (nSPS) is 12.7. The van der Waals surface area contributed by atoms with Crippen molar-refractivity contribution in [2.24, 2.45) is 5.73 Å². The molecule has 23 heavy (non-hydrogen) atoms. The Labute approximate surface area is 133 Å². The first-order valence-electron chi connectivity index (χ1n) is 7.22. The van der Waals surface area contributed by atoms with E-state index in [0.717, 1.165) is 11.3 Å². The van der Waals surface area contributed by atoms with Gasteiger partial charge in [-0.3, -0.25) is 9.69 Å². The fraction of sp³-hybridized carbons (Fsp3) is 0.176. The predicted molar refractivity (Wildman–Crippen MR) is 85.0 cm³/mol. The van der Waals surface area contributed by atoms with Crippen LogP contribution in [-0.4, -0.2) is 27.2 Å². The average Bonchev–Trinajstić information content (AvgIpc) is 2.90. The zero-order chi connectivity index (χ0) is 16.4. The van der Waals surface area contributed by atoms with Crippen LogP contribution in [0.4, 0.5) is 4.39 Å². The summed E-state index contributed by atoms with van der Waals surface area (Å²) in [5.41, 5.74) is 7.82. The first-order valence-corrected chi connectivity index (χ1v) is 7.22. The molecule has 0 aliphatic heterocycles. The summed E-state index contributed by atoms with van der Waals surface area (Å²) < 4.78 is 15.4. The van der Waals surface area contributed by atoms with Gasteiger partial charge >= 0.3 is 0 Å². The van der Waals surface area contributed by atoms with Gasteiger partial charge in [0.25, 0.3) is 0 Å². The first-order chi connectivity index (χ1) is 11.1. The van der Waals surface area contributed by atoms with Gasteiger partial charge in [0.15, 0.2) is 0 Å². The van der Waals surface area contributed by atoms with Gasteiger partial charge in [-0.1, -0.05) is 18.2 Å². The van der Waals surface area contributed by atoms with E-state index in [4.69, 9.17) is 5.73 Å². The molecule has 2 heterocycles. The van der Waals surface area contributed by atoms with Crippen molar-refractivity contribution >= 4 is 11.6 Å². The van der Waals surface area contributed by atoms with Gasteiger partial charge in [0.2, 0.25) is 5.91 Å². The van der Waals surface area contributed by atoms with Gasteiger partial charge in [-0.2, -0.15) is 0 Å². The summed E-state index contributed by atoms with van der Waals surface area (Å²) in [6.07, 6.45) is 3.67. The number of fused-ring (bicyclic) bond motifs is 1. The molecule has 5 nitrogen and oxygen atoms in total. The Hall–Kier alpha value is -2.73. The average molecular weight is 312 g/mol. The van der Waals surface area contributed by atoms with Crippen molar-refractivity contribution in [2.45, 2.75) is 12.6 Å². The summed E-state index contributed by atoms with van der Waals surface area (Å²) in [5, 5.41) is 0. The van der Waals surface area contributed by atoms with Crippen molar-refractivity contribution in [3.63, 3.8) is 0 Å². The highest BCUT2D eigenvalue weighted by molar-refractivity contribution is 5.81. The van der Waals surface area contributed by atoms with Gasteiger partial charge in [-0.05, 0) is 36.9 Å². The molecule has 0 fully saturated rings. The molecular formula is C17H17FN4O. The second-order valence-electron chi connectivity index (χ2n) is 5.45. The number of rotatable bonds is 5. The Kier molecular flexibility index (Phi) is 4.08. The van der Waals surface area contributed by atoms with Gasteiger partial charge < -0.3 is 10.1 Å². The molecule has 1 aromatic carbocycles. The lowest BCUT2D eigenvalue weighted by atomic mass is 10.0. The van der Waals surface area contributed by atoms with Crippen LogP contribution < -0.4 is 5.73 Å². The van der Waals surface area contributed by atoms with E-state index < -0.39 is 17.8 Å². The summed E-state index contributed by atoms with van der Waals surface area (Å²) in [4.78, 5) is 18.0. The van der Waals surface area contributed by atoms with Crippen LogP contribution in [0, 0.1) is 5.82 Å². The zero-order valence-electron chi connectivity index (χ0n) is 12.7. The molecule has 0 saturated carbocycles. The molecule has 6 heteroatoms. The third-order valence-corrected chi connectivity index (χ3v) is 3.78. The quantitative estimate of drug-likeness (QED) is 0.785. The van der Waals surface area contributed by atoms with E-state index in [2.05, 4.69) is 4.98 Å². The summed E-state index contributed by atoms with van der Waals surface area (Å²) in [5.74, 6) is -0.913. The van der Waals surface area contributed by atoms with Gasteiger partial charge in [0, 0.05) is 12.7 Å². The van der Waals surface area contributed by atoms with E-state index in [-0.39, 0.29) is 0 Å². The molecule has 3 rings (SSSR count). The highest BCUT2D eigenvalue weighted by Gasteiger charge is 2.24. The molecule has 1 atom stereocenters. The number of halogens is 1. The van der Waals surface area contributed by atoms with E-state index in [1.807, 2.05) is 28.8 Å². The molecule has 0 aliphatic rings. The lowest BCUT2D eigenvalue weighted by Crippen LogP contribution is -2.35. The Bertz CT molecular complexity index is 845. The number of carbonyl (C=O) groups is 1. The summed E-state index contributed by atoms with van der Waals surface area (Å²) in [6, 6.07) is 11.0. The molecule has 2 aromatic heterocycles. The fourth-order valence-corrected chi connectivity index (χ4v) is 2.76. The molecule has 0 spiro atoms. The summed E-state index contributed by atoms with van der Waals surface area (Å²) in [7, 11) is 1.78. The Morgan fingerprint density at radius 3 is 2.91 bits per heavy atom. The maximum Gasteiger partial charge on any atom is 0.239 e. The number of pyridine rings is 1. The SMILES string of the molecule is CN(Cc1cnc2ccccn12)[C@@H](C(N)=O)c1cccc(F)c1. The number of aromatic nitrogens is 2. The van der Waals surface area contributed by atoms with Crippen molar-refractivity contribution in [3.8, 4) is 0 Å². The van der Waals surface area contributed by atoms with Crippen LogP contribution in [0.3, 0.4) is 0 Å². The number of imidazole rings is 1. The van der Waals surface area contributed by atoms with Crippen LogP contribution in [-0.2, 0) is 11.3 Å². The number of amides is 1. The molecule has 0 bridgehead atoms. The monoisotopic (exact) mass is 312 g/mol. The van der Waals surface area contributed by atoms with E-state index in [0.29, 0.717) is 12.1 Å². The number of hydrogen-bond donors (Lipinski definition) is 1. The number of carbonyl (C=O) groups excluding carboxylic acids is 1. The van der Waals surface area contributed by atoms with Crippen molar-refractivity contribution in [2.75, 3.05) is 7.05 Å². The smallest absolute Gasteiger partial charge is 0.239 e. The summed E-state index contributed by atoms with van der Waals surface area (Å²) >= 11 is 0. The van der Waals surface area contributed by atoms with Crippen LogP contribution in [0.1, 0.15) is 17.3 Å². The number of primary amides is 1. The van der Waals surface area contributed by atoms with Crippen molar-refractivity contribution < 1.29 is 9.18 Å². The fourth-order valence-electron chi connectivity index (χ4n) is 2.76. The molecule has 3 aromatic rings. The summed E-state index contributed by atoms with van der Waals surface area (Å²) in [6.45, 7) is 0.454. The second kappa shape index (κ2) is 6.18. The minimum absolute atomic E-state index is 0.392. The third-order valence-electron chi connectivity index (χ3n) is 3.78. The number of nitrogens with zero attached hydrogens (tertiary/aromatic N) is 3. The van der Waals surface area contributed by atoms with Crippen LogP contribution in [0.15, 0.2) is 54.9 Å². The number of likely N-dealkylation sites (N-methyl/N-ethyl adjacent to an activating group) is 1. The molecular weight excluding hydrogens is 295 g/mol. The number of hydrogen-bond acceptors (Lipinski definition) is 3. The maximum atomic E-state index is 13.5. The van der Waals surface area contributed by atoms with Crippen LogP contribution in [0.2, 0.25) is 0 Å². The highest BCUT2D eigenvalue weighted by Crippen LogP contribution is 2.22. The van der Waals surface area contributed by atoms with Gasteiger partial charge in [0.1, 0.15) is 17.5 Å². The lowest BCUT2D eigenvalue weighted by Gasteiger charge is -2.25. The predicted octanol–water partition coefficient (Wildman–Crippen LogP) is 2.13. The van der Waals surface area contributed by atoms with Gasteiger partial charge in [-0.25, -0.2) is 9.37 Å². The van der Waals surface area contributed by atoms with Crippen molar-refractivity contribution in [1.29, 1.82) is 0 Å².